The lowest BCUT2D eigenvalue weighted by molar-refractivity contribution is -0.123. The summed E-state index contributed by atoms with van der Waals surface area (Å²) in [4.78, 5) is 24.2. The van der Waals surface area contributed by atoms with E-state index in [1.54, 1.807) is 55.6 Å². The van der Waals surface area contributed by atoms with E-state index in [0.29, 0.717) is 42.6 Å². The van der Waals surface area contributed by atoms with Crippen LogP contribution in [0.5, 0.6) is 17.2 Å². The molecule has 166 valence electrons. The first-order valence-corrected chi connectivity index (χ1v) is 9.90. The van der Waals surface area contributed by atoms with Gasteiger partial charge in [-0.1, -0.05) is 6.07 Å². The number of rotatable bonds is 10. The number of methoxy groups -OCH3 is 1. The lowest BCUT2D eigenvalue weighted by atomic mass is 10.2. The zero-order chi connectivity index (χ0) is 22.5. The molecule has 0 aliphatic rings. The Balaban J connectivity index is 1.72. The van der Waals surface area contributed by atoms with Gasteiger partial charge in [0.25, 0.3) is 11.8 Å². The normalized spacial score (nSPS) is 10.0. The van der Waals surface area contributed by atoms with Crippen molar-refractivity contribution in [2.75, 3.05) is 33.5 Å². The van der Waals surface area contributed by atoms with Crippen LogP contribution in [-0.2, 0) is 9.53 Å². The third kappa shape index (κ3) is 8.89. The Morgan fingerprint density at radius 1 is 0.935 bits per heavy atom. The lowest BCUT2D eigenvalue weighted by Crippen LogP contribution is -2.49. The summed E-state index contributed by atoms with van der Waals surface area (Å²) >= 11 is 5.03. The number of hydrogen-bond donors (Lipinski definition) is 3. The molecule has 0 saturated carbocycles. The highest BCUT2D eigenvalue weighted by atomic mass is 32.1. The molecule has 3 N–H and O–H groups in total. The van der Waals surface area contributed by atoms with Crippen LogP contribution in [0.2, 0.25) is 0 Å². The molecule has 0 heterocycles. The number of carbonyl (C=O) groups is 2. The largest absolute Gasteiger partial charge is 0.497 e. The Labute approximate surface area is 186 Å². The number of hydrazine groups is 1. The summed E-state index contributed by atoms with van der Waals surface area (Å²) in [7, 11) is 1.56. The van der Waals surface area contributed by atoms with E-state index in [9.17, 15) is 9.59 Å². The molecule has 10 heteroatoms. The first kappa shape index (κ1) is 23.9. The minimum atomic E-state index is -0.475. The quantitative estimate of drug-likeness (QED) is 0.288. The molecule has 0 saturated heterocycles. The zero-order valence-electron chi connectivity index (χ0n) is 17.3. The molecule has 0 radical (unpaired) electrons. The summed E-state index contributed by atoms with van der Waals surface area (Å²) in [5, 5.41) is 2.41. The third-order valence-corrected chi connectivity index (χ3v) is 3.97. The highest BCUT2D eigenvalue weighted by Gasteiger charge is 2.10. The van der Waals surface area contributed by atoms with Crippen LogP contribution in [0.25, 0.3) is 0 Å². The lowest BCUT2D eigenvalue weighted by Gasteiger charge is -2.12. The van der Waals surface area contributed by atoms with Crippen molar-refractivity contribution >= 4 is 29.1 Å². The van der Waals surface area contributed by atoms with Gasteiger partial charge in [-0.15, -0.1) is 0 Å². The summed E-state index contributed by atoms with van der Waals surface area (Å²) in [6, 6.07) is 13.4. The van der Waals surface area contributed by atoms with Gasteiger partial charge < -0.3 is 18.9 Å². The average Bonchev–Trinajstić information content (AvgIpc) is 2.79. The molecule has 0 spiro atoms. The molecule has 0 bridgehead atoms. The van der Waals surface area contributed by atoms with Gasteiger partial charge in [0.05, 0.1) is 13.7 Å². The highest BCUT2D eigenvalue weighted by Crippen LogP contribution is 2.16. The molecule has 0 aliphatic carbocycles. The van der Waals surface area contributed by atoms with Crippen LogP contribution < -0.4 is 30.4 Å². The van der Waals surface area contributed by atoms with Crippen molar-refractivity contribution in [3.05, 3.63) is 54.1 Å². The predicted octanol–water partition coefficient (Wildman–Crippen LogP) is 1.82. The van der Waals surface area contributed by atoms with E-state index in [-0.39, 0.29) is 11.7 Å². The highest BCUT2D eigenvalue weighted by molar-refractivity contribution is 7.80. The zero-order valence-corrected chi connectivity index (χ0v) is 18.1. The van der Waals surface area contributed by atoms with Gasteiger partial charge in [-0.2, -0.15) is 0 Å². The predicted molar refractivity (Wildman–Crippen MR) is 118 cm³/mol. The van der Waals surface area contributed by atoms with Crippen LogP contribution in [-0.4, -0.2) is 50.5 Å². The van der Waals surface area contributed by atoms with E-state index in [1.165, 1.54) is 0 Å². The molecule has 0 aliphatic heterocycles. The molecule has 2 amide bonds. The van der Waals surface area contributed by atoms with Crippen molar-refractivity contribution in [1.29, 1.82) is 0 Å². The number of ether oxygens (including phenoxy) is 4. The topological polar surface area (TPSA) is 107 Å². The van der Waals surface area contributed by atoms with Gasteiger partial charge in [-0.05, 0) is 61.6 Å². The molecule has 2 rings (SSSR count). The van der Waals surface area contributed by atoms with E-state index in [0.717, 1.165) is 0 Å². The van der Waals surface area contributed by atoms with Crippen molar-refractivity contribution in [3.63, 3.8) is 0 Å². The van der Waals surface area contributed by atoms with Crippen molar-refractivity contribution < 1.29 is 28.5 Å². The summed E-state index contributed by atoms with van der Waals surface area (Å²) < 4.78 is 21.1. The van der Waals surface area contributed by atoms with Gasteiger partial charge in [0, 0.05) is 12.2 Å². The molecule has 2 aromatic carbocycles. The van der Waals surface area contributed by atoms with Crippen LogP contribution >= 0.6 is 12.2 Å². The SMILES string of the molecule is CCOCCOc1cccc(C(=O)NC(=S)NNC(=O)COc2ccc(OC)cc2)c1. The molecule has 0 unspecified atom stereocenters. The molecule has 0 atom stereocenters. The summed E-state index contributed by atoms with van der Waals surface area (Å²) in [5.74, 6) is 0.807. The van der Waals surface area contributed by atoms with E-state index in [2.05, 4.69) is 16.2 Å². The minimum Gasteiger partial charge on any atom is -0.497 e. The van der Waals surface area contributed by atoms with E-state index >= 15 is 0 Å². The Hall–Kier alpha value is -3.37. The van der Waals surface area contributed by atoms with E-state index < -0.39 is 11.8 Å². The maximum absolute atomic E-state index is 12.3. The van der Waals surface area contributed by atoms with Crippen molar-refractivity contribution in [1.82, 2.24) is 16.2 Å². The van der Waals surface area contributed by atoms with Crippen molar-refractivity contribution in [3.8, 4) is 17.2 Å². The maximum Gasteiger partial charge on any atom is 0.276 e. The number of thiocarbonyl (C=S) groups is 1. The first-order chi connectivity index (χ1) is 15.0. The standard InChI is InChI=1S/C21H25N3O6S/c1-3-28-11-12-29-18-6-4-5-15(13-18)20(26)22-21(31)24-23-19(25)14-30-17-9-7-16(27-2)8-10-17/h4-10,13H,3,11-12,14H2,1-2H3,(H,23,25)(H2,22,24,26,31). The smallest absolute Gasteiger partial charge is 0.276 e. The molecule has 9 nitrogen and oxygen atoms in total. The number of carbonyl (C=O) groups excluding carboxylic acids is 2. The minimum absolute atomic E-state index is 0.0644. The van der Waals surface area contributed by atoms with Gasteiger partial charge in [-0.3, -0.25) is 25.8 Å². The molecular weight excluding hydrogens is 422 g/mol. The van der Waals surface area contributed by atoms with Crippen LogP contribution in [0.4, 0.5) is 0 Å². The number of benzene rings is 2. The van der Waals surface area contributed by atoms with Gasteiger partial charge in [0.15, 0.2) is 11.7 Å². The average molecular weight is 448 g/mol. The van der Waals surface area contributed by atoms with Crippen LogP contribution in [0.15, 0.2) is 48.5 Å². The Bertz CT molecular complexity index is 876. The van der Waals surface area contributed by atoms with Crippen LogP contribution in [0, 0.1) is 0 Å². The van der Waals surface area contributed by atoms with E-state index in [1.807, 2.05) is 6.92 Å². The molecule has 0 fully saturated rings. The molecule has 2 aromatic rings. The fourth-order valence-corrected chi connectivity index (χ4v) is 2.42. The first-order valence-electron chi connectivity index (χ1n) is 9.49. The van der Waals surface area contributed by atoms with Crippen LogP contribution in [0.3, 0.4) is 0 Å². The van der Waals surface area contributed by atoms with Gasteiger partial charge in [-0.25, -0.2) is 0 Å². The van der Waals surface area contributed by atoms with Gasteiger partial charge in [0.1, 0.15) is 23.9 Å². The summed E-state index contributed by atoms with van der Waals surface area (Å²) in [6.45, 7) is 3.11. The number of nitrogens with one attached hydrogen (secondary N) is 3. The summed E-state index contributed by atoms with van der Waals surface area (Å²) in [6.07, 6.45) is 0. The maximum atomic E-state index is 12.3. The van der Waals surface area contributed by atoms with Gasteiger partial charge in [0.2, 0.25) is 0 Å². The second kappa shape index (κ2) is 13.0. The van der Waals surface area contributed by atoms with Gasteiger partial charge >= 0.3 is 0 Å². The van der Waals surface area contributed by atoms with Crippen molar-refractivity contribution in [2.45, 2.75) is 6.92 Å². The Kier molecular flexibility index (Phi) is 10.1. The number of amides is 2. The monoisotopic (exact) mass is 447 g/mol. The fourth-order valence-electron chi connectivity index (χ4n) is 2.28. The fraction of sp³-hybridized carbons (Fsp3) is 0.286. The van der Waals surface area contributed by atoms with Crippen molar-refractivity contribution in [2.24, 2.45) is 0 Å². The molecular formula is C21H25N3O6S. The molecule has 0 aromatic heterocycles. The third-order valence-electron chi connectivity index (χ3n) is 3.77. The second-order valence-electron chi connectivity index (χ2n) is 5.99. The Morgan fingerprint density at radius 2 is 1.68 bits per heavy atom. The van der Waals surface area contributed by atoms with E-state index in [4.69, 9.17) is 31.2 Å². The summed E-state index contributed by atoms with van der Waals surface area (Å²) in [5.41, 5.74) is 5.16. The second-order valence-corrected chi connectivity index (χ2v) is 6.40. The van der Waals surface area contributed by atoms with Crippen LogP contribution in [0.1, 0.15) is 17.3 Å². The Morgan fingerprint density at radius 3 is 2.39 bits per heavy atom. The number of hydrogen-bond acceptors (Lipinski definition) is 7. The molecule has 31 heavy (non-hydrogen) atoms.